The molecule has 102 valence electrons. The lowest BCUT2D eigenvalue weighted by molar-refractivity contribution is -0.0103. The molecule has 3 heteroatoms. The third-order valence-electron chi connectivity index (χ3n) is 3.41. The summed E-state index contributed by atoms with van der Waals surface area (Å²) in [7, 11) is 0. The fourth-order valence-corrected chi connectivity index (χ4v) is 2.32. The Bertz CT molecular complexity index is 197. The van der Waals surface area contributed by atoms with Crippen molar-refractivity contribution in [3.05, 3.63) is 0 Å². The van der Waals surface area contributed by atoms with Crippen molar-refractivity contribution < 1.29 is 4.74 Å². The number of rotatable bonds is 7. The van der Waals surface area contributed by atoms with Gasteiger partial charge in [-0.15, -0.1) is 0 Å². The van der Waals surface area contributed by atoms with Gasteiger partial charge in [0.1, 0.15) is 0 Å². The van der Waals surface area contributed by atoms with Crippen LogP contribution >= 0.6 is 0 Å². The van der Waals surface area contributed by atoms with Gasteiger partial charge >= 0.3 is 0 Å². The van der Waals surface area contributed by atoms with Crippen LogP contribution in [0.25, 0.3) is 0 Å². The Morgan fingerprint density at radius 2 is 2.12 bits per heavy atom. The summed E-state index contributed by atoms with van der Waals surface area (Å²) in [5, 5.41) is 3.52. The molecule has 2 atom stereocenters. The van der Waals surface area contributed by atoms with Crippen molar-refractivity contribution >= 4 is 0 Å². The van der Waals surface area contributed by atoms with Crippen LogP contribution in [0.1, 0.15) is 47.0 Å². The van der Waals surface area contributed by atoms with E-state index in [1.807, 2.05) is 0 Å². The number of ether oxygens (including phenoxy) is 1. The summed E-state index contributed by atoms with van der Waals surface area (Å²) < 4.78 is 5.88. The molecule has 2 unspecified atom stereocenters. The van der Waals surface area contributed by atoms with E-state index in [9.17, 15) is 0 Å². The van der Waals surface area contributed by atoms with Gasteiger partial charge < -0.3 is 10.1 Å². The first-order valence-corrected chi connectivity index (χ1v) is 7.22. The van der Waals surface area contributed by atoms with Gasteiger partial charge in [-0.2, -0.15) is 0 Å². The second kappa shape index (κ2) is 8.06. The molecule has 0 saturated carbocycles. The lowest BCUT2D eigenvalue weighted by Crippen LogP contribution is -2.48. The third-order valence-corrected chi connectivity index (χ3v) is 3.41. The van der Waals surface area contributed by atoms with Crippen molar-refractivity contribution in [2.24, 2.45) is 0 Å². The summed E-state index contributed by atoms with van der Waals surface area (Å²) in [6.45, 7) is 13.2. The molecule has 0 aliphatic carbocycles. The minimum Gasteiger partial charge on any atom is -0.377 e. The van der Waals surface area contributed by atoms with Gasteiger partial charge in [0.2, 0.25) is 0 Å². The zero-order chi connectivity index (χ0) is 12.7. The first-order chi connectivity index (χ1) is 8.13. The quantitative estimate of drug-likeness (QED) is 0.741. The smallest absolute Gasteiger partial charge is 0.0702 e. The van der Waals surface area contributed by atoms with E-state index in [4.69, 9.17) is 4.74 Å². The Hall–Kier alpha value is -0.120. The van der Waals surface area contributed by atoms with Crippen LogP contribution in [0.5, 0.6) is 0 Å². The fraction of sp³-hybridized carbons (Fsp3) is 1.00. The monoisotopic (exact) mass is 242 g/mol. The van der Waals surface area contributed by atoms with Gasteiger partial charge in [-0.05, 0) is 32.7 Å². The molecule has 1 N–H and O–H groups in total. The molecule has 0 spiro atoms. The van der Waals surface area contributed by atoms with Crippen molar-refractivity contribution in [2.45, 2.75) is 65.1 Å². The molecule has 0 bridgehead atoms. The van der Waals surface area contributed by atoms with Gasteiger partial charge in [-0.3, -0.25) is 4.90 Å². The summed E-state index contributed by atoms with van der Waals surface area (Å²) in [6, 6.07) is 1.19. The number of hydrogen-bond donors (Lipinski definition) is 1. The molecule has 1 rings (SSSR count). The van der Waals surface area contributed by atoms with Crippen LogP contribution in [0.2, 0.25) is 0 Å². The summed E-state index contributed by atoms with van der Waals surface area (Å²) in [5.41, 5.74) is 0. The zero-order valence-corrected chi connectivity index (χ0v) is 12.0. The van der Waals surface area contributed by atoms with E-state index < -0.39 is 0 Å². The largest absolute Gasteiger partial charge is 0.377 e. The summed E-state index contributed by atoms with van der Waals surface area (Å²) in [6.07, 6.45) is 4.10. The van der Waals surface area contributed by atoms with Crippen molar-refractivity contribution in [1.82, 2.24) is 10.2 Å². The van der Waals surface area contributed by atoms with Crippen LogP contribution < -0.4 is 5.32 Å². The van der Waals surface area contributed by atoms with Gasteiger partial charge in [0.15, 0.2) is 0 Å². The van der Waals surface area contributed by atoms with Crippen molar-refractivity contribution in [3.8, 4) is 0 Å². The predicted molar refractivity (Wildman–Crippen MR) is 73.4 cm³/mol. The van der Waals surface area contributed by atoms with E-state index in [0.717, 1.165) is 26.1 Å². The van der Waals surface area contributed by atoms with Crippen molar-refractivity contribution in [2.75, 3.05) is 26.2 Å². The van der Waals surface area contributed by atoms with Gasteiger partial charge in [-0.25, -0.2) is 0 Å². The minimum absolute atomic E-state index is 0.463. The first-order valence-electron chi connectivity index (χ1n) is 7.22. The maximum Gasteiger partial charge on any atom is 0.0702 e. The molecule has 17 heavy (non-hydrogen) atoms. The van der Waals surface area contributed by atoms with E-state index in [1.165, 1.54) is 19.4 Å². The maximum absolute atomic E-state index is 5.88. The van der Waals surface area contributed by atoms with Crippen LogP contribution in [0.4, 0.5) is 0 Å². The number of likely N-dealkylation sites (tertiary alicyclic amines) is 1. The summed E-state index contributed by atoms with van der Waals surface area (Å²) >= 11 is 0. The topological polar surface area (TPSA) is 24.5 Å². The number of piperidine rings is 1. The molecule has 0 amide bonds. The molecular formula is C14H30N2O. The number of hydrogen-bond acceptors (Lipinski definition) is 3. The molecule has 1 aliphatic rings. The van der Waals surface area contributed by atoms with Crippen molar-refractivity contribution in [1.29, 1.82) is 0 Å². The zero-order valence-electron chi connectivity index (χ0n) is 12.0. The van der Waals surface area contributed by atoms with Crippen LogP contribution in [0.15, 0.2) is 0 Å². The van der Waals surface area contributed by atoms with Crippen LogP contribution in [0.3, 0.4) is 0 Å². The Morgan fingerprint density at radius 3 is 2.76 bits per heavy atom. The highest BCUT2D eigenvalue weighted by atomic mass is 16.5. The fourth-order valence-electron chi connectivity index (χ4n) is 2.32. The van der Waals surface area contributed by atoms with E-state index in [0.29, 0.717) is 18.2 Å². The van der Waals surface area contributed by atoms with Gasteiger partial charge in [-0.1, -0.05) is 20.8 Å². The van der Waals surface area contributed by atoms with Gasteiger partial charge in [0, 0.05) is 31.8 Å². The van der Waals surface area contributed by atoms with Crippen LogP contribution in [-0.2, 0) is 4.74 Å². The first kappa shape index (κ1) is 14.9. The Balaban J connectivity index is 2.27. The van der Waals surface area contributed by atoms with E-state index in [1.54, 1.807) is 0 Å². The normalized spacial score (nSPS) is 24.2. The summed E-state index contributed by atoms with van der Waals surface area (Å²) in [5.74, 6) is 0. The predicted octanol–water partition coefficient (Wildman–Crippen LogP) is 2.26. The van der Waals surface area contributed by atoms with Crippen LogP contribution in [0, 0.1) is 0 Å². The molecular weight excluding hydrogens is 212 g/mol. The highest BCUT2D eigenvalue weighted by Crippen LogP contribution is 2.15. The SMILES string of the molecule is CCCOC1CCCN(C(C)CNC(C)C)C1. The lowest BCUT2D eigenvalue weighted by Gasteiger charge is -2.37. The Labute approximate surface area is 107 Å². The van der Waals surface area contributed by atoms with Crippen molar-refractivity contribution in [3.63, 3.8) is 0 Å². The maximum atomic E-state index is 5.88. The van der Waals surface area contributed by atoms with E-state index in [2.05, 4.69) is 37.9 Å². The van der Waals surface area contributed by atoms with E-state index in [-0.39, 0.29) is 0 Å². The number of nitrogens with one attached hydrogen (secondary N) is 1. The Morgan fingerprint density at radius 1 is 1.35 bits per heavy atom. The molecule has 1 heterocycles. The molecule has 1 fully saturated rings. The highest BCUT2D eigenvalue weighted by molar-refractivity contribution is 4.79. The molecule has 0 aromatic carbocycles. The standard InChI is InChI=1S/C14H30N2O/c1-5-9-17-14-7-6-8-16(11-14)13(4)10-15-12(2)3/h12-15H,5-11H2,1-4H3. The number of nitrogens with zero attached hydrogens (tertiary/aromatic N) is 1. The molecule has 3 nitrogen and oxygen atoms in total. The highest BCUT2D eigenvalue weighted by Gasteiger charge is 2.23. The average Bonchev–Trinajstić information content (AvgIpc) is 2.33. The van der Waals surface area contributed by atoms with Gasteiger partial charge in [0.25, 0.3) is 0 Å². The average molecular weight is 242 g/mol. The second-order valence-electron chi connectivity index (χ2n) is 5.54. The second-order valence-corrected chi connectivity index (χ2v) is 5.54. The molecule has 0 radical (unpaired) electrons. The minimum atomic E-state index is 0.463. The Kier molecular flexibility index (Phi) is 7.09. The molecule has 1 saturated heterocycles. The summed E-state index contributed by atoms with van der Waals surface area (Å²) in [4.78, 5) is 2.57. The van der Waals surface area contributed by atoms with Crippen LogP contribution in [-0.4, -0.2) is 49.3 Å². The third kappa shape index (κ3) is 5.84. The van der Waals surface area contributed by atoms with E-state index >= 15 is 0 Å². The van der Waals surface area contributed by atoms with Gasteiger partial charge in [0.05, 0.1) is 6.10 Å². The molecule has 1 aliphatic heterocycles. The lowest BCUT2D eigenvalue weighted by atomic mass is 10.1. The molecule has 0 aromatic rings. The molecule has 0 aromatic heterocycles.